The molecule has 2 atom stereocenters. The molecular weight excluding hydrogens is 292 g/mol. The van der Waals surface area contributed by atoms with E-state index in [-0.39, 0.29) is 17.9 Å². The summed E-state index contributed by atoms with van der Waals surface area (Å²) in [6.07, 6.45) is -0.875. The smallest absolute Gasteiger partial charge is 0.405 e. The number of benzene rings is 1. The van der Waals surface area contributed by atoms with Gasteiger partial charge < -0.3 is 15.8 Å². The second-order valence-corrected chi connectivity index (χ2v) is 6.89. The van der Waals surface area contributed by atoms with Crippen molar-refractivity contribution in [3.8, 4) is 0 Å². The molecule has 3 N–H and O–H groups in total. The number of amides is 2. The van der Waals surface area contributed by atoms with Crippen LogP contribution in [0.3, 0.4) is 0 Å². The molecule has 5 heteroatoms. The Balaban J connectivity index is 2.90. The number of nitrogens with one attached hydrogen (secondary N) is 1. The molecule has 0 saturated heterocycles. The molecule has 0 heterocycles. The summed E-state index contributed by atoms with van der Waals surface area (Å²) in [5.74, 6) is -0.656. The number of aryl methyl sites for hydroxylation is 1. The fourth-order valence-electron chi connectivity index (χ4n) is 2.99. The lowest BCUT2D eigenvalue weighted by Gasteiger charge is -2.35. The van der Waals surface area contributed by atoms with Gasteiger partial charge in [0.15, 0.2) is 0 Å². The van der Waals surface area contributed by atoms with Crippen molar-refractivity contribution in [2.75, 3.05) is 0 Å². The summed E-state index contributed by atoms with van der Waals surface area (Å²) in [5.41, 5.74) is 6.35. The maximum Gasteiger partial charge on any atom is 0.405 e. The molecule has 0 aliphatic carbocycles. The minimum absolute atomic E-state index is 0.00503. The normalized spacial score (nSPS) is 14.2. The minimum atomic E-state index is -0.975. The van der Waals surface area contributed by atoms with Crippen LogP contribution in [0.4, 0.5) is 4.79 Å². The van der Waals surface area contributed by atoms with Crippen molar-refractivity contribution in [3.63, 3.8) is 0 Å². The Morgan fingerprint density at radius 3 is 2.09 bits per heavy atom. The Kier molecular flexibility index (Phi) is 6.19. The van der Waals surface area contributed by atoms with E-state index in [0.29, 0.717) is 0 Å². The first-order chi connectivity index (χ1) is 10.5. The molecular formula is C18H28N2O3. The monoisotopic (exact) mass is 320 g/mol. The first kappa shape index (κ1) is 19.0. The van der Waals surface area contributed by atoms with E-state index >= 15 is 0 Å². The molecule has 0 spiro atoms. The zero-order valence-electron chi connectivity index (χ0n) is 14.8. The fraction of sp³-hybridized carbons (Fsp3) is 0.556. The molecule has 1 aromatic carbocycles. The van der Waals surface area contributed by atoms with E-state index in [2.05, 4.69) is 5.32 Å². The zero-order valence-corrected chi connectivity index (χ0v) is 14.8. The van der Waals surface area contributed by atoms with E-state index in [4.69, 9.17) is 10.5 Å². The van der Waals surface area contributed by atoms with Gasteiger partial charge in [-0.1, -0.05) is 43.7 Å². The first-order valence-electron chi connectivity index (χ1n) is 7.90. The molecule has 0 aliphatic rings. The molecule has 0 radical (unpaired) electrons. The summed E-state index contributed by atoms with van der Waals surface area (Å²) in [7, 11) is 0. The third-order valence-electron chi connectivity index (χ3n) is 4.00. The SMILES string of the molecule is Cc1ccc(C(C)NC(=O)C(C(C)C)C(C)(C)OC(N)=O)cc1. The lowest BCUT2D eigenvalue weighted by Crippen LogP contribution is -2.49. The van der Waals surface area contributed by atoms with Crippen molar-refractivity contribution in [3.05, 3.63) is 35.4 Å². The maximum absolute atomic E-state index is 12.7. The van der Waals surface area contributed by atoms with Crippen LogP contribution in [0.25, 0.3) is 0 Å². The molecule has 0 fully saturated rings. The van der Waals surface area contributed by atoms with Gasteiger partial charge >= 0.3 is 6.09 Å². The average molecular weight is 320 g/mol. The number of hydrogen-bond acceptors (Lipinski definition) is 3. The molecule has 5 nitrogen and oxygen atoms in total. The van der Waals surface area contributed by atoms with Gasteiger partial charge in [-0.15, -0.1) is 0 Å². The Morgan fingerprint density at radius 2 is 1.65 bits per heavy atom. The standard InChI is InChI=1S/C18H28N2O3/c1-11(2)15(18(5,6)23-17(19)22)16(21)20-13(4)14-9-7-12(3)8-10-14/h7-11,13,15H,1-6H3,(H2,19,22)(H,20,21). The summed E-state index contributed by atoms with van der Waals surface area (Å²) >= 11 is 0. The first-order valence-corrected chi connectivity index (χ1v) is 7.90. The van der Waals surface area contributed by atoms with Gasteiger partial charge in [0.2, 0.25) is 5.91 Å². The number of nitrogens with two attached hydrogens (primary N) is 1. The molecule has 2 unspecified atom stereocenters. The predicted octanol–water partition coefficient (Wildman–Crippen LogP) is 3.32. The van der Waals surface area contributed by atoms with Crippen LogP contribution in [0.2, 0.25) is 0 Å². The fourth-order valence-corrected chi connectivity index (χ4v) is 2.99. The lowest BCUT2D eigenvalue weighted by molar-refractivity contribution is -0.136. The van der Waals surface area contributed by atoms with Crippen LogP contribution in [-0.2, 0) is 9.53 Å². The zero-order chi connectivity index (χ0) is 17.8. The van der Waals surface area contributed by atoms with Crippen LogP contribution in [0.15, 0.2) is 24.3 Å². The van der Waals surface area contributed by atoms with Crippen LogP contribution in [-0.4, -0.2) is 17.6 Å². The van der Waals surface area contributed by atoms with Gasteiger partial charge in [0, 0.05) is 0 Å². The molecule has 0 aromatic heterocycles. The molecule has 2 amide bonds. The summed E-state index contributed by atoms with van der Waals surface area (Å²) in [5, 5.41) is 3.01. The van der Waals surface area contributed by atoms with Gasteiger partial charge in [-0.25, -0.2) is 4.79 Å². The van der Waals surface area contributed by atoms with Crippen molar-refractivity contribution in [2.24, 2.45) is 17.6 Å². The molecule has 0 bridgehead atoms. The number of carbonyl (C=O) groups excluding carboxylic acids is 2. The van der Waals surface area contributed by atoms with Crippen LogP contribution >= 0.6 is 0 Å². The van der Waals surface area contributed by atoms with Crippen LogP contribution < -0.4 is 11.1 Å². The maximum atomic E-state index is 12.7. The molecule has 1 rings (SSSR count). The van der Waals surface area contributed by atoms with Gasteiger partial charge in [-0.3, -0.25) is 4.79 Å². The number of carbonyl (C=O) groups is 2. The number of ether oxygens (including phenoxy) is 1. The Bertz CT molecular complexity index is 550. The minimum Gasteiger partial charge on any atom is -0.443 e. The Hall–Kier alpha value is -2.04. The van der Waals surface area contributed by atoms with E-state index in [1.54, 1.807) is 13.8 Å². The largest absolute Gasteiger partial charge is 0.443 e. The van der Waals surface area contributed by atoms with Crippen LogP contribution in [0, 0.1) is 18.8 Å². The van der Waals surface area contributed by atoms with Crippen LogP contribution in [0.1, 0.15) is 51.8 Å². The van der Waals surface area contributed by atoms with Crippen molar-refractivity contribution < 1.29 is 14.3 Å². The summed E-state index contributed by atoms with van der Waals surface area (Å²) in [6, 6.07) is 7.88. The predicted molar refractivity (Wildman–Crippen MR) is 90.8 cm³/mol. The third kappa shape index (κ3) is 5.27. The van der Waals surface area contributed by atoms with E-state index in [1.807, 2.05) is 52.0 Å². The van der Waals surface area contributed by atoms with E-state index in [1.165, 1.54) is 5.56 Å². The third-order valence-corrected chi connectivity index (χ3v) is 4.00. The van der Waals surface area contributed by atoms with Crippen molar-refractivity contribution >= 4 is 12.0 Å². The van der Waals surface area contributed by atoms with Crippen molar-refractivity contribution in [2.45, 2.75) is 53.2 Å². The van der Waals surface area contributed by atoms with E-state index in [9.17, 15) is 9.59 Å². The lowest BCUT2D eigenvalue weighted by atomic mass is 9.81. The van der Waals surface area contributed by atoms with Gasteiger partial charge in [-0.2, -0.15) is 0 Å². The Labute approximate surface area is 138 Å². The summed E-state index contributed by atoms with van der Waals surface area (Å²) in [6.45, 7) is 11.2. The quantitative estimate of drug-likeness (QED) is 0.843. The highest BCUT2D eigenvalue weighted by molar-refractivity contribution is 5.81. The van der Waals surface area contributed by atoms with Crippen molar-refractivity contribution in [1.29, 1.82) is 0 Å². The molecule has 0 aliphatic heterocycles. The highest BCUT2D eigenvalue weighted by atomic mass is 16.6. The molecule has 1 aromatic rings. The highest BCUT2D eigenvalue weighted by Gasteiger charge is 2.40. The van der Waals surface area contributed by atoms with Gasteiger partial charge in [0.25, 0.3) is 0 Å². The number of rotatable bonds is 6. The highest BCUT2D eigenvalue weighted by Crippen LogP contribution is 2.29. The van der Waals surface area contributed by atoms with Gasteiger partial charge in [-0.05, 0) is 39.2 Å². The molecule has 0 saturated carbocycles. The van der Waals surface area contributed by atoms with Gasteiger partial charge in [0.1, 0.15) is 5.60 Å². The average Bonchev–Trinajstić information content (AvgIpc) is 2.36. The molecule has 128 valence electrons. The topological polar surface area (TPSA) is 81.4 Å². The second kappa shape index (κ2) is 7.49. The molecule has 23 heavy (non-hydrogen) atoms. The van der Waals surface area contributed by atoms with E-state index in [0.717, 1.165) is 5.56 Å². The van der Waals surface area contributed by atoms with Crippen LogP contribution in [0.5, 0.6) is 0 Å². The second-order valence-electron chi connectivity index (χ2n) is 6.89. The summed E-state index contributed by atoms with van der Waals surface area (Å²) in [4.78, 5) is 23.8. The summed E-state index contributed by atoms with van der Waals surface area (Å²) < 4.78 is 5.16. The number of hydrogen-bond donors (Lipinski definition) is 2. The number of primary amides is 1. The Morgan fingerprint density at radius 1 is 1.13 bits per heavy atom. The van der Waals surface area contributed by atoms with Crippen molar-refractivity contribution in [1.82, 2.24) is 5.32 Å². The van der Waals surface area contributed by atoms with E-state index < -0.39 is 17.6 Å². The van der Waals surface area contributed by atoms with Gasteiger partial charge in [0.05, 0.1) is 12.0 Å².